The van der Waals surface area contributed by atoms with Crippen LogP contribution in [0, 0.1) is 13.8 Å². The quantitative estimate of drug-likeness (QED) is 0.718. The van der Waals surface area contributed by atoms with Crippen LogP contribution in [0.15, 0.2) is 23.0 Å². The van der Waals surface area contributed by atoms with Gasteiger partial charge in [0.25, 0.3) is 0 Å². The minimum atomic E-state index is 0.682. The number of aldehydes is 1. The van der Waals surface area contributed by atoms with Crippen LogP contribution in [0.3, 0.4) is 0 Å². The van der Waals surface area contributed by atoms with Gasteiger partial charge >= 0.3 is 0 Å². The van der Waals surface area contributed by atoms with Gasteiger partial charge in [-0.2, -0.15) is 0 Å². The van der Waals surface area contributed by atoms with Crippen molar-refractivity contribution in [3.8, 4) is 0 Å². The molecule has 0 radical (unpaired) electrons. The number of aromatic nitrogens is 2. The van der Waals surface area contributed by atoms with Crippen LogP contribution in [0.4, 0.5) is 0 Å². The van der Waals surface area contributed by atoms with Crippen LogP contribution in [0.5, 0.6) is 0 Å². The number of carbonyl (C=O) groups excluding carboxylic acids is 1. The highest BCUT2D eigenvalue weighted by molar-refractivity contribution is 5.74. The summed E-state index contributed by atoms with van der Waals surface area (Å²) < 4.78 is 7.01. The van der Waals surface area contributed by atoms with Gasteiger partial charge in [-0.1, -0.05) is 5.16 Å². The fourth-order valence-corrected chi connectivity index (χ4v) is 1.54. The fourth-order valence-electron chi connectivity index (χ4n) is 1.54. The SMILES string of the molecule is Cc1noc(C)c1Cn1ccc(C=O)c1. The molecular formula is C11H12N2O2. The summed E-state index contributed by atoms with van der Waals surface area (Å²) in [6, 6.07) is 1.78. The number of nitrogens with zero attached hydrogens (tertiary/aromatic N) is 2. The Kier molecular flexibility index (Phi) is 2.41. The van der Waals surface area contributed by atoms with Gasteiger partial charge in [-0.25, -0.2) is 0 Å². The summed E-state index contributed by atoms with van der Waals surface area (Å²) in [5, 5.41) is 3.88. The fraction of sp³-hybridized carbons (Fsp3) is 0.273. The molecule has 0 saturated heterocycles. The first-order valence-electron chi connectivity index (χ1n) is 4.73. The molecule has 4 nitrogen and oxygen atoms in total. The first-order valence-corrected chi connectivity index (χ1v) is 4.73. The average molecular weight is 204 g/mol. The second kappa shape index (κ2) is 3.73. The third-order valence-corrected chi connectivity index (χ3v) is 2.43. The predicted octanol–water partition coefficient (Wildman–Crippen LogP) is 1.95. The molecular weight excluding hydrogens is 192 g/mol. The summed E-state index contributed by atoms with van der Waals surface area (Å²) in [5.41, 5.74) is 2.65. The van der Waals surface area contributed by atoms with Crippen molar-refractivity contribution < 1.29 is 9.32 Å². The minimum absolute atomic E-state index is 0.682. The maximum Gasteiger partial charge on any atom is 0.151 e. The molecule has 0 bridgehead atoms. The number of carbonyl (C=O) groups is 1. The second-order valence-corrected chi connectivity index (χ2v) is 3.54. The van der Waals surface area contributed by atoms with Gasteiger partial charge in [0, 0.05) is 23.5 Å². The summed E-state index contributed by atoms with van der Waals surface area (Å²) in [7, 11) is 0. The zero-order valence-corrected chi connectivity index (χ0v) is 8.73. The van der Waals surface area contributed by atoms with Gasteiger partial charge in [0.1, 0.15) is 5.76 Å². The van der Waals surface area contributed by atoms with Crippen LogP contribution in [0.2, 0.25) is 0 Å². The van der Waals surface area contributed by atoms with E-state index in [1.807, 2.05) is 24.6 Å². The van der Waals surface area contributed by atoms with Crippen molar-refractivity contribution in [1.82, 2.24) is 9.72 Å². The maximum absolute atomic E-state index is 10.5. The molecule has 0 aliphatic carbocycles. The lowest BCUT2D eigenvalue weighted by Gasteiger charge is -2.01. The van der Waals surface area contributed by atoms with Crippen molar-refractivity contribution in [3.63, 3.8) is 0 Å². The molecule has 2 aromatic heterocycles. The minimum Gasteiger partial charge on any atom is -0.361 e. The van der Waals surface area contributed by atoms with E-state index in [4.69, 9.17) is 4.52 Å². The molecule has 0 aliphatic rings. The summed E-state index contributed by atoms with van der Waals surface area (Å²) >= 11 is 0. The summed E-state index contributed by atoms with van der Waals surface area (Å²) in [4.78, 5) is 10.5. The Morgan fingerprint density at radius 3 is 2.87 bits per heavy atom. The van der Waals surface area contributed by atoms with Crippen molar-refractivity contribution >= 4 is 6.29 Å². The zero-order valence-electron chi connectivity index (χ0n) is 8.73. The standard InChI is InChI=1S/C11H12N2O2/c1-8-11(9(2)15-12-8)6-13-4-3-10(5-13)7-14/h3-5,7H,6H2,1-2H3. The second-order valence-electron chi connectivity index (χ2n) is 3.54. The third-order valence-electron chi connectivity index (χ3n) is 2.43. The number of hydrogen-bond donors (Lipinski definition) is 0. The van der Waals surface area contributed by atoms with Crippen molar-refractivity contribution in [2.24, 2.45) is 0 Å². The summed E-state index contributed by atoms with van der Waals surface area (Å²) in [5.74, 6) is 0.828. The monoisotopic (exact) mass is 204 g/mol. The first kappa shape index (κ1) is 9.71. The lowest BCUT2D eigenvalue weighted by Crippen LogP contribution is -1.98. The molecule has 0 atom stereocenters. The molecule has 2 heterocycles. The number of rotatable bonds is 3. The number of aryl methyl sites for hydroxylation is 2. The van der Waals surface area contributed by atoms with E-state index in [9.17, 15) is 4.79 Å². The van der Waals surface area contributed by atoms with E-state index in [1.165, 1.54) is 0 Å². The molecule has 78 valence electrons. The highest BCUT2D eigenvalue weighted by atomic mass is 16.5. The summed E-state index contributed by atoms with van der Waals surface area (Å²) in [6.45, 7) is 4.49. The third kappa shape index (κ3) is 1.83. The predicted molar refractivity (Wildman–Crippen MR) is 54.9 cm³/mol. The van der Waals surface area contributed by atoms with Crippen molar-refractivity contribution in [3.05, 3.63) is 41.0 Å². The molecule has 0 saturated carbocycles. The van der Waals surface area contributed by atoms with Crippen LogP contribution in [-0.2, 0) is 6.54 Å². The zero-order chi connectivity index (χ0) is 10.8. The Morgan fingerprint density at radius 1 is 1.53 bits per heavy atom. The molecule has 0 spiro atoms. The van der Waals surface area contributed by atoms with Crippen LogP contribution in [0.25, 0.3) is 0 Å². The number of hydrogen-bond acceptors (Lipinski definition) is 3. The van der Waals surface area contributed by atoms with E-state index >= 15 is 0 Å². The van der Waals surface area contributed by atoms with Gasteiger partial charge in [-0.3, -0.25) is 4.79 Å². The van der Waals surface area contributed by atoms with Crippen LogP contribution < -0.4 is 0 Å². The van der Waals surface area contributed by atoms with Gasteiger partial charge < -0.3 is 9.09 Å². The van der Waals surface area contributed by atoms with E-state index in [0.29, 0.717) is 12.1 Å². The Bertz CT molecular complexity index is 463. The lowest BCUT2D eigenvalue weighted by molar-refractivity contribution is 0.112. The van der Waals surface area contributed by atoms with Gasteiger partial charge in [-0.05, 0) is 19.9 Å². The molecule has 0 aliphatic heterocycles. The molecule has 2 aromatic rings. The van der Waals surface area contributed by atoms with Crippen molar-refractivity contribution in [2.75, 3.05) is 0 Å². The summed E-state index contributed by atoms with van der Waals surface area (Å²) in [6.07, 6.45) is 4.51. The van der Waals surface area contributed by atoms with E-state index in [2.05, 4.69) is 5.16 Å². The van der Waals surface area contributed by atoms with Crippen LogP contribution in [0.1, 0.15) is 27.4 Å². The molecule has 0 fully saturated rings. The van der Waals surface area contributed by atoms with Gasteiger partial charge in [0.05, 0.1) is 12.2 Å². The van der Waals surface area contributed by atoms with E-state index in [1.54, 1.807) is 12.3 Å². The molecule has 0 N–H and O–H groups in total. The Morgan fingerprint density at radius 2 is 2.33 bits per heavy atom. The molecule has 0 unspecified atom stereocenters. The van der Waals surface area contributed by atoms with Crippen LogP contribution >= 0.6 is 0 Å². The molecule has 4 heteroatoms. The van der Waals surface area contributed by atoms with Crippen LogP contribution in [-0.4, -0.2) is 16.0 Å². The average Bonchev–Trinajstić information content (AvgIpc) is 2.80. The smallest absolute Gasteiger partial charge is 0.151 e. The van der Waals surface area contributed by atoms with Gasteiger partial charge in [0.2, 0.25) is 0 Å². The van der Waals surface area contributed by atoms with Crippen molar-refractivity contribution in [2.45, 2.75) is 20.4 Å². The molecule has 0 aromatic carbocycles. The van der Waals surface area contributed by atoms with E-state index < -0.39 is 0 Å². The largest absolute Gasteiger partial charge is 0.361 e. The molecule has 0 amide bonds. The van der Waals surface area contributed by atoms with E-state index in [0.717, 1.165) is 23.3 Å². The normalized spacial score (nSPS) is 10.5. The van der Waals surface area contributed by atoms with Gasteiger partial charge in [-0.15, -0.1) is 0 Å². The van der Waals surface area contributed by atoms with E-state index in [-0.39, 0.29) is 0 Å². The maximum atomic E-state index is 10.5. The highest BCUT2D eigenvalue weighted by Crippen LogP contribution is 2.14. The Balaban J connectivity index is 2.25. The molecule has 2 rings (SSSR count). The van der Waals surface area contributed by atoms with Crippen molar-refractivity contribution in [1.29, 1.82) is 0 Å². The Hall–Kier alpha value is -1.84. The first-order chi connectivity index (χ1) is 7.20. The topological polar surface area (TPSA) is 48.0 Å². The molecule has 15 heavy (non-hydrogen) atoms. The lowest BCUT2D eigenvalue weighted by atomic mass is 10.2. The highest BCUT2D eigenvalue weighted by Gasteiger charge is 2.09. The van der Waals surface area contributed by atoms with Gasteiger partial charge in [0.15, 0.2) is 6.29 Å². The Labute approximate surface area is 87.5 Å².